The Kier molecular flexibility index (Phi) is 8.85. The van der Waals surface area contributed by atoms with Crippen LogP contribution < -0.4 is 10.1 Å². The summed E-state index contributed by atoms with van der Waals surface area (Å²) in [6.07, 6.45) is -0.527. The molecule has 170 valence electrons. The third kappa shape index (κ3) is 9.37. The molecular formula is C22H29NO7S. The van der Waals surface area contributed by atoms with Gasteiger partial charge >= 0.3 is 6.09 Å². The molecule has 0 aliphatic rings. The summed E-state index contributed by atoms with van der Waals surface area (Å²) < 4.78 is 45.1. The average molecular weight is 452 g/mol. The van der Waals surface area contributed by atoms with E-state index in [1.807, 2.05) is 6.92 Å². The zero-order valence-electron chi connectivity index (χ0n) is 18.2. The van der Waals surface area contributed by atoms with E-state index in [1.165, 1.54) is 12.1 Å². The maximum Gasteiger partial charge on any atom is 0.412 e. The summed E-state index contributed by atoms with van der Waals surface area (Å²) in [6, 6.07) is 13.3. The summed E-state index contributed by atoms with van der Waals surface area (Å²) in [5.41, 5.74) is 0.990. The summed E-state index contributed by atoms with van der Waals surface area (Å²) in [7, 11) is -3.79. The van der Waals surface area contributed by atoms with E-state index in [4.69, 9.17) is 18.4 Å². The highest BCUT2D eigenvalue weighted by atomic mass is 32.2. The predicted octanol–water partition coefficient (Wildman–Crippen LogP) is 4.14. The third-order valence-corrected chi connectivity index (χ3v) is 5.10. The van der Waals surface area contributed by atoms with E-state index in [-0.39, 0.29) is 31.3 Å². The fraction of sp³-hybridized carbons (Fsp3) is 0.409. The number of benzene rings is 2. The van der Waals surface area contributed by atoms with Gasteiger partial charge < -0.3 is 14.2 Å². The van der Waals surface area contributed by atoms with Gasteiger partial charge in [0.05, 0.1) is 24.7 Å². The third-order valence-electron chi connectivity index (χ3n) is 3.77. The molecule has 1 amide bonds. The SMILES string of the molecule is Cc1ccc(S(=O)(=O)OCCOCCOc2ccc(NC(=O)OC(C)(C)C)cc2)cc1. The molecule has 0 fully saturated rings. The number of amides is 1. The van der Waals surface area contributed by atoms with E-state index in [0.717, 1.165) is 5.56 Å². The van der Waals surface area contributed by atoms with Crippen LogP contribution in [0.3, 0.4) is 0 Å². The van der Waals surface area contributed by atoms with E-state index in [2.05, 4.69) is 5.32 Å². The Bertz CT molecular complexity index is 933. The smallest absolute Gasteiger partial charge is 0.412 e. The highest BCUT2D eigenvalue weighted by Crippen LogP contribution is 2.17. The Labute approximate surface area is 183 Å². The van der Waals surface area contributed by atoms with Gasteiger partial charge in [-0.1, -0.05) is 17.7 Å². The molecule has 2 rings (SSSR count). The molecule has 0 spiro atoms. The summed E-state index contributed by atoms with van der Waals surface area (Å²) >= 11 is 0. The van der Waals surface area contributed by atoms with Crippen molar-refractivity contribution in [3.8, 4) is 5.75 Å². The highest BCUT2D eigenvalue weighted by Gasteiger charge is 2.16. The van der Waals surface area contributed by atoms with Crippen molar-refractivity contribution in [3.63, 3.8) is 0 Å². The monoisotopic (exact) mass is 451 g/mol. The van der Waals surface area contributed by atoms with Crippen LogP contribution in [0.2, 0.25) is 0 Å². The average Bonchev–Trinajstić information content (AvgIpc) is 2.67. The zero-order chi connectivity index (χ0) is 22.9. The molecule has 1 N–H and O–H groups in total. The number of aryl methyl sites for hydroxylation is 1. The van der Waals surface area contributed by atoms with Gasteiger partial charge in [0.15, 0.2) is 0 Å². The summed E-state index contributed by atoms with van der Waals surface area (Å²) in [5, 5.41) is 2.64. The Balaban J connectivity index is 1.62. The number of ether oxygens (including phenoxy) is 3. The predicted molar refractivity (Wildman–Crippen MR) is 117 cm³/mol. The first-order valence-corrected chi connectivity index (χ1v) is 11.2. The van der Waals surface area contributed by atoms with Crippen LogP contribution >= 0.6 is 0 Å². The van der Waals surface area contributed by atoms with E-state index >= 15 is 0 Å². The van der Waals surface area contributed by atoms with Crippen LogP contribution in [-0.4, -0.2) is 46.5 Å². The van der Waals surface area contributed by atoms with E-state index in [9.17, 15) is 13.2 Å². The van der Waals surface area contributed by atoms with E-state index < -0.39 is 21.8 Å². The molecule has 0 aliphatic carbocycles. The van der Waals surface area contributed by atoms with Crippen LogP contribution in [0.1, 0.15) is 26.3 Å². The molecule has 0 heterocycles. The second kappa shape index (κ2) is 11.1. The van der Waals surface area contributed by atoms with Crippen LogP contribution in [0.4, 0.5) is 10.5 Å². The molecule has 9 heteroatoms. The second-order valence-corrected chi connectivity index (χ2v) is 9.32. The molecular weight excluding hydrogens is 422 g/mol. The van der Waals surface area contributed by atoms with Crippen LogP contribution in [0.15, 0.2) is 53.4 Å². The number of rotatable bonds is 10. The highest BCUT2D eigenvalue weighted by molar-refractivity contribution is 7.86. The second-order valence-electron chi connectivity index (χ2n) is 7.70. The minimum atomic E-state index is -3.79. The first-order valence-electron chi connectivity index (χ1n) is 9.82. The van der Waals surface area contributed by atoms with Gasteiger partial charge in [-0.15, -0.1) is 0 Å². The quantitative estimate of drug-likeness (QED) is 0.428. The first kappa shape index (κ1) is 24.6. The molecule has 0 aliphatic heterocycles. The molecule has 0 atom stereocenters. The molecule has 0 saturated carbocycles. The number of anilines is 1. The molecule has 0 radical (unpaired) electrons. The molecule has 31 heavy (non-hydrogen) atoms. The van der Waals surface area contributed by atoms with Crippen LogP contribution in [0.25, 0.3) is 0 Å². The number of nitrogens with one attached hydrogen (secondary N) is 1. The van der Waals surface area contributed by atoms with Crippen LogP contribution in [0, 0.1) is 6.92 Å². The van der Waals surface area contributed by atoms with Gasteiger partial charge in [0.1, 0.15) is 18.0 Å². The van der Waals surface area contributed by atoms with Crippen molar-refractivity contribution in [2.45, 2.75) is 38.2 Å². The largest absolute Gasteiger partial charge is 0.491 e. The van der Waals surface area contributed by atoms with E-state index in [1.54, 1.807) is 57.2 Å². The van der Waals surface area contributed by atoms with Gasteiger partial charge in [-0.2, -0.15) is 8.42 Å². The Morgan fingerprint density at radius 3 is 2.13 bits per heavy atom. The van der Waals surface area contributed by atoms with Crippen molar-refractivity contribution in [2.24, 2.45) is 0 Å². The fourth-order valence-electron chi connectivity index (χ4n) is 2.35. The lowest BCUT2D eigenvalue weighted by atomic mass is 10.2. The Morgan fingerprint density at radius 2 is 1.52 bits per heavy atom. The van der Waals surface area contributed by atoms with E-state index in [0.29, 0.717) is 11.4 Å². The molecule has 0 unspecified atom stereocenters. The Hall–Kier alpha value is -2.62. The maximum absolute atomic E-state index is 12.0. The van der Waals surface area contributed by atoms with Gasteiger partial charge in [0, 0.05) is 5.69 Å². The van der Waals surface area contributed by atoms with Gasteiger partial charge in [0.2, 0.25) is 0 Å². The van der Waals surface area contributed by atoms with Gasteiger partial charge in [0.25, 0.3) is 10.1 Å². The summed E-state index contributed by atoms with van der Waals surface area (Å²) in [5.74, 6) is 0.608. The lowest BCUT2D eigenvalue weighted by Gasteiger charge is -2.19. The van der Waals surface area contributed by atoms with Crippen molar-refractivity contribution in [1.82, 2.24) is 0 Å². The normalized spacial score (nSPS) is 11.7. The molecule has 2 aromatic carbocycles. The Morgan fingerprint density at radius 1 is 0.903 bits per heavy atom. The molecule has 2 aromatic rings. The van der Waals surface area contributed by atoms with Gasteiger partial charge in [-0.3, -0.25) is 9.50 Å². The first-order chi connectivity index (χ1) is 14.5. The zero-order valence-corrected chi connectivity index (χ0v) is 19.0. The van der Waals surface area contributed by atoms with Crippen molar-refractivity contribution in [1.29, 1.82) is 0 Å². The molecule has 0 aromatic heterocycles. The molecule has 0 bridgehead atoms. The van der Waals surface area contributed by atoms with Crippen LogP contribution in [-0.2, 0) is 23.8 Å². The number of hydrogen-bond acceptors (Lipinski definition) is 7. The fourth-order valence-corrected chi connectivity index (χ4v) is 3.25. The summed E-state index contributed by atoms with van der Waals surface area (Å²) in [4.78, 5) is 11.9. The number of carbonyl (C=O) groups excluding carboxylic acids is 1. The standard InChI is InChI=1S/C22H29NO7S/c1-17-5-11-20(12-6-17)31(25,26)29-16-14-27-13-15-28-19-9-7-18(8-10-19)23-21(24)30-22(2,3)4/h5-12H,13-16H2,1-4H3,(H,23,24). The maximum atomic E-state index is 12.0. The van der Waals surface area contributed by atoms with Gasteiger partial charge in [-0.05, 0) is 64.1 Å². The van der Waals surface area contributed by atoms with Crippen molar-refractivity contribution < 1.29 is 31.6 Å². The molecule has 0 saturated heterocycles. The summed E-state index contributed by atoms with van der Waals surface area (Å²) in [6.45, 7) is 7.84. The minimum Gasteiger partial charge on any atom is -0.491 e. The topological polar surface area (TPSA) is 100 Å². The van der Waals surface area contributed by atoms with Crippen LogP contribution in [0.5, 0.6) is 5.75 Å². The number of carbonyl (C=O) groups is 1. The minimum absolute atomic E-state index is 0.0821. The molecule has 8 nitrogen and oxygen atoms in total. The lowest BCUT2D eigenvalue weighted by molar-refractivity contribution is 0.0636. The lowest BCUT2D eigenvalue weighted by Crippen LogP contribution is -2.27. The van der Waals surface area contributed by atoms with Crippen molar-refractivity contribution >= 4 is 21.9 Å². The number of hydrogen-bond donors (Lipinski definition) is 1. The van der Waals surface area contributed by atoms with Gasteiger partial charge in [-0.25, -0.2) is 4.79 Å². The van der Waals surface area contributed by atoms with Crippen molar-refractivity contribution in [2.75, 3.05) is 31.7 Å². The van der Waals surface area contributed by atoms with Crippen molar-refractivity contribution in [3.05, 3.63) is 54.1 Å².